The molecule has 5 nitrogen and oxygen atoms in total. The van der Waals surface area contributed by atoms with Crippen molar-refractivity contribution in [3.8, 4) is 0 Å². The molecule has 0 unspecified atom stereocenters. The molecular weight excluding hydrogens is 330 g/mol. The molecule has 0 bridgehead atoms. The Labute approximate surface area is 154 Å². The molecule has 1 saturated heterocycles. The van der Waals surface area contributed by atoms with Gasteiger partial charge in [0.15, 0.2) is 0 Å². The Morgan fingerprint density at radius 1 is 1.15 bits per heavy atom. The fourth-order valence-electron chi connectivity index (χ4n) is 3.25. The van der Waals surface area contributed by atoms with E-state index in [0.29, 0.717) is 19.8 Å². The molecule has 0 saturated carbocycles. The van der Waals surface area contributed by atoms with E-state index in [2.05, 4.69) is 0 Å². The zero-order valence-corrected chi connectivity index (χ0v) is 15.0. The molecule has 0 aromatic heterocycles. The fraction of sp³-hybridized carbons (Fsp3) is 0.381. The smallest absolute Gasteiger partial charge is 0.252 e. The maximum absolute atomic E-state index is 12.6. The molecular formula is C21H25NO4. The molecule has 5 heteroatoms. The van der Waals surface area contributed by atoms with Crippen LogP contribution in [0.15, 0.2) is 60.7 Å². The minimum atomic E-state index is -0.549. The molecule has 2 aromatic carbocycles. The number of aliphatic hydroxyl groups excluding tert-OH is 1. The van der Waals surface area contributed by atoms with Crippen LogP contribution in [0.25, 0.3) is 0 Å². The summed E-state index contributed by atoms with van der Waals surface area (Å²) in [7, 11) is 0. The first-order valence-corrected chi connectivity index (χ1v) is 8.92. The number of carbonyl (C=O) groups excluding carboxylic acids is 1. The summed E-state index contributed by atoms with van der Waals surface area (Å²) in [6.07, 6.45) is -0.768. The number of carbonyl (C=O) groups is 1. The van der Waals surface area contributed by atoms with Gasteiger partial charge in [-0.15, -0.1) is 0 Å². The van der Waals surface area contributed by atoms with Gasteiger partial charge in [0.25, 0.3) is 5.91 Å². The Balaban J connectivity index is 1.63. The lowest BCUT2D eigenvalue weighted by molar-refractivity contribution is -0.170. The van der Waals surface area contributed by atoms with E-state index in [1.807, 2.05) is 60.7 Å². The molecule has 26 heavy (non-hydrogen) atoms. The molecule has 3 atom stereocenters. The maximum atomic E-state index is 12.6. The van der Waals surface area contributed by atoms with Crippen molar-refractivity contribution in [2.24, 2.45) is 0 Å². The number of hydrogen-bond acceptors (Lipinski definition) is 4. The van der Waals surface area contributed by atoms with Crippen molar-refractivity contribution >= 4 is 5.91 Å². The molecule has 0 spiro atoms. The summed E-state index contributed by atoms with van der Waals surface area (Å²) < 4.78 is 11.6. The molecule has 138 valence electrons. The summed E-state index contributed by atoms with van der Waals surface area (Å²) in [6.45, 7) is 2.93. The van der Waals surface area contributed by atoms with E-state index in [1.54, 1.807) is 11.8 Å². The van der Waals surface area contributed by atoms with Gasteiger partial charge in [0.2, 0.25) is 0 Å². The van der Waals surface area contributed by atoms with E-state index in [-0.39, 0.29) is 24.7 Å². The van der Waals surface area contributed by atoms with Crippen LogP contribution in [0.4, 0.5) is 0 Å². The van der Waals surface area contributed by atoms with Crippen LogP contribution in [-0.4, -0.2) is 47.9 Å². The van der Waals surface area contributed by atoms with Crippen molar-refractivity contribution in [3.63, 3.8) is 0 Å². The second kappa shape index (κ2) is 8.94. The topological polar surface area (TPSA) is 59.0 Å². The summed E-state index contributed by atoms with van der Waals surface area (Å²) in [6, 6.07) is 19.2. The van der Waals surface area contributed by atoms with Gasteiger partial charge in [-0.3, -0.25) is 4.79 Å². The van der Waals surface area contributed by atoms with Crippen LogP contribution in [0.2, 0.25) is 0 Å². The second-order valence-corrected chi connectivity index (χ2v) is 6.50. The first kappa shape index (κ1) is 18.6. The predicted octanol–water partition coefficient (Wildman–Crippen LogP) is 2.55. The molecule has 1 aliphatic heterocycles. The van der Waals surface area contributed by atoms with Gasteiger partial charge >= 0.3 is 0 Å². The minimum Gasteiger partial charge on any atom is -0.394 e. The number of morpholine rings is 1. The maximum Gasteiger partial charge on any atom is 0.252 e. The van der Waals surface area contributed by atoms with E-state index in [1.165, 1.54) is 0 Å². The molecule has 1 aliphatic rings. The van der Waals surface area contributed by atoms with Crippen LogP contribution < -0.4 is 0 Å². The Hall–Kier alpha value is -2.21. The van der Waals surface area contributed by atoms with Crippen LogP contribution in [0.5, 0.6) is 0 Å². The van der Waals surface area contributed by atoms with Crippen molar-refractivity contribution in [1.82, 2.24) is 4.90 Å². The highest BCUT2D eigenvalue weighted by molar-refractivity contribution is 5.81. The molecule has 3 rings (SSSR count). The second-order valence-electron chi connectivity index (χ2n) is 6.50. The number of hydrogen-bond donors (Lipinski definition) is 1. The van der Waals surface area contributed by atoms with Gasteiger partial charge < -0.3 is 19.5 Å². The SMILES string of the molecule is C[C@H]1O[C@@H](COCc2ccccc2)CN([C@@H](CO)c2ccccc2)C1=O. The summed E-state index contributed by atoms with van der Waals surface area (Å²) in [5.41, 5.74) is 2.02. The summed E-state index contributed by atoms with van der Waals surface area (Å²) in [5.74, 6) is -0.104. The lowest BCUT2D eigenvalue weighted by Crippen LogP contribution is -2.54. The Bertz CT molecular complexity index is 692. The molecule has 0 radical (unpaired) electrons. The third-order valence-electron chi connectivity index (χ3n) is 4.58. The van der Waals surface area contributed by atoms with Gasteiger partial charge in [-0.1, -0.05) is 60.7 Å². The summed E-state index contributed by atoms with van der Waals surface area (Å²) in [4.78, 5) is 14.3. The Kier molecular flexibility index (Phi) is 6.39. The van der Waals surface area contributed by atoms with E-state index < -0.39 is 6.10 Å². The zero-order valence-electron chi connectivity index (χ0n) is 15.0. The molecule has 2 aromatic rings. The van der Waals surface area contributed by atoms with Gasteiger partial charge in [0, 0.05) is 6.54 Å². The zero-order chi connectivity index (χ0) is 18.4. The summed E-state index contributed by atoms with van der Waals surface area (Å²) in [5, 5.41) is 9.88. The van der Waals surface area contributed by atoms with Crippen LogP contribution in [0, 0.1) is 0 Å². The number of ether oxygens (including phenoxy) is 2. The van der Waals surface area contributed by atoms with Crippen LogP contribution in [0.3, 0.4) is 0 Å². The first-order valence-electron chi connectivity index (χ1n) is 8.92. The van der Waals surface area contributed by atoms with Crippen molar-refractivity contribution in [3.05, 3.63) is 71.8 Å². The number of amides is 1. The first-order chi connectivity index (χ1) is 12.7. The third kappa shape index (κ3) is 4.49. The highest BCUT2D eigenvalue weighted by Crippen LogP contribution is 2.25. The standard InChI is InChI=1S/C21H25NO4/c1-16-21(24)22(20(13-23)18-10-6-3-7-11-18)12-19(26-16)15-25-14-17-8-4-2-5-9-17/h2-11,16,19-20,23H,12-15H2,1H3/t16-,19-,20+/m1/s1. The average molecular weight is 355 g/mol. The Morgan fingerprint density at radius 2 is 1.81 bits per heavy atom. The van der Waals surface area contributed by atoms with Crippen LogP contribution in [0.1, 0.15) is 24.1 Å². The highest BCUT2D eigenvalue weighted by atomic mass is 16.5. The molecule has 0 aliphatic carbocycles. The van der Waals surface area contributed by atoms with Gasteiger partial charge in [-0.2, -0.15) is 0 Å². The van der Waals surface area contributed by atoms with E-state index in [4.69, 9.17) is 9.47 Å². The van der Waals surface area contributed by atoms with Gasteiger partial charge in [0.05, 0.1) is 32.0 Å². The fourth-order valence-corrected chi connectivity index (χ4v) is 3.25. The minimum absolute atomic E-state index is 0.104. The molecule has 1 amide bonds. The largest absolute Gasteiger partial charge is 0.394 e. The van der Waals surface area contributed by atoms with Crippen LogP contribution in [-0.2, 0) is 20.9 Å². The van der Waals surface area contributed by atoms with Crippen molar-refractivity contribution in [2.45, 2.75) is 31.8 Å². The van der Waals surface area contributed by atoms with E-state index in [0.717, 1.165) is 11.1 Å². The average Bonchev–Trinajstić information content (AvgIpc) is 2.68. The lowest BCUT2D eigenvalue weighted by atomic mass is 10.0. The normalized spacial score (nSPS) is 21.6. The quantitative estimate of drug-likeness (QED) is 0.829. The summed E-state index contributed by atoms with van der Waals surface area (Å²) >= 11 is 0. The predicted molar refractivity (Wildman–Crippen MR) is 98.4 cm³/mol. The van der Waals surface area contributed by atoms with E-state index in [9.17, 15) is 9.90 Å². The number of aliphatic hydroxyl groups is 1. The van der Waals surface area contributed by atoms with Gasteiger partial charge in [-0.25, -0.2) is 0 Å². The van der Waals surface area contributed by atoms with Crippen molar-refractivity contribution in [2.75, 3.05) is 19.8 Å². The van der Waals surface area contributed by atoms with Gasteiger partial charge in [-0.05, 0) is 18.1 Å². The highest BCUT2D eigenvalue weighted by Gasteiger charge is 2.36. The molecule has 1 heterocycles. The Morgan fingerprint density at radius 3 is 2.46 bits per heavy atom. The van der Waals surface area contributed by atoms with E-state index >= 15 is 0 Å². The van der Waals surface area contributed by atoms with Crippen LogP contribution >= 0.6 is 0 Å². The lowest BCUT2D eigenvalue weighted by Gasteiger charge is -2.40. The van der Waals surface area contributed by atoms with Gasteiger partial charge in [0.1, 0.15) is 6.10 Å². The van der Waals surface area contributed by atoms with Crippen molar-refractivity contribution in [1.29, 1.82) is 0 Å². The molecule has 1 N–H and O–H groups in total. The third-order valence-corrected chi connectivity index (χ3v) is 4.58. The molecule has 1 fully saturated rings. The number of rotatable bonds is 7. The number of nitrogens with zero attached hydrogens (tertiary/aromatic N) is 1. The van der Waals surface area contributed by atoms with Crippen molar-refractivity contribution < 1.29 is 19.4 Å². The monoisotopic (exact) mass is 355 g/mol. The number of benzene rings is 2.